The number of aromatic nitrogens is 4. The molecule has 152 valence electrons. The van der Waals surface area contributed by atoms with Crippen LogP contribution in [0.3, 0.4) is 0 Å². The van der Waals surface area contributed by atoms with Crippen molar-refractivity contribution in [2.75, 3.05) is 0 Å². The lowest BCUT2D eigenvalue weighted by atomic mass is 10.1. The molecule has 10 heteroatoms. The summed E-state index contributed by atoms with van der Waals surface area (Å²) in [5.74, 6) is 0.521. The van der Waals surface area contributed by atoms with Crippen LogP contribution in [0.2, 0.25) is 0 Å². The molecule has 0 bridgehead atoms. The van der Waals surface area contributed by atoms with Crippen LogP contribution < -0.4 is 5.32 Å². The van der Waals surface area contributed by atoms with Gasteiger partial charge in [0, 0.05) is 18.2 Å². The largest absolute Gasteiger partial charge is 0.464 e. The fourth-order valence-corrected chi connectivity index (χ4v) is 2.51. The van der Waals surface area contributed by atoms with Crippen LogP contribution in [0, 0.1) is 0 Å². The summed E-state index contributed by atoms with van der Waals surface area (Å²) >= 11 is 0. The minimum absolute atomic E-state index is 0.135. The molecule has 1 atom stereocenters. The van der Waals surface area contributed by atoms with Crippen LogP contribution in [0.25, 0.3) is 11.4 Å². The smallest absolute Gasteiger partial charge is 0.416 e. The number of ether oxygens (including phenoxy) is 1. The Kier molecular flexibility index (Phi) is 5.62. The van der Waals surface area contributed by atoms with E-state index in [1.807, 2.05) is 30.3 Å². The summed E-state index contributed by atoms with van der Waals surface area (Å²) in [5, 5.41) is 15.7. The molecule has 2 N–H and O–H groups in total. The minimum atomic E-state index is -1.16. The zero-order chi connectivity index (χ0) is 21.0. The van der Waals surface area contributed by atoms with Gasteiger partial charge in [-0.25, -0.2) is 19.1 Å². The first-order valence-electron chi connectivity index (χ1n) is 8.86. The second-order valence-corrected chi connectivity index (χ2v) is 7.28. The zero-order valence-corrected chi connectivity index (χ0v) is 16.2. The Morgan fingerprint density at radius 2 is 2.00 bits per heavy atom. The molecule has 1 aromatic carbocycles. The molecule has 1 unspecified atom stereocenters. The normalized spacial score (nSPS) is 12.4. The number of amides is 1. The molecule has 10 nitrogen and oxygen atoms in total. The summed E-state index contributed by atoms with van der Waals surface area (Å²) in [6, 6.07) is 8.47. The summed E-state index contributed by atoms with van der Waals surface area (Å²) in [6.45, 7) is 5.24. The number of carbonyl (C=O) groups excluding carboxylic acids is 1. The third-order valence-electron chi connectivity index (χ3n) is 3.73. The molecule has 0 radical (unpaired) electrons. The van der Waals surface area contributed by atoms with E-state index in [-0.39, 0.29) is 12.3 Å². The van der Waals surface area contributed by atoms with E-state index >= 15 is 0 Å². The van der Waals surface area contributed by atoms with Gasteiger partial charge >= 0.3 is 12.2 Å². The number of benzene rings is 1. The van der Waals surface area contributed by atoms with Gasteiger partial charge in [0.05, 0.1) is 5.69 Å². The van der Waals surface area contributed by atoms with Crippen molar-refractivity contribution < 1.29 is 24.0 Å². The molecule has 1 amide bonds. The Morgan fingerprint density at radius 3 is 2.62 bits per heavy atom. The summed E-state index contributed by atoms with van der Waals surface area (Å²) in [6.07, 6.45) is 0.825. The second kappa shape index (κ2) is 8.13. The van der Waals surface area contributed by atoms with Gasteiger partial charge in [0.1, 0.15) is 18.0 Å². The summed E-state index contributed by atoms with van der Waals surface area (Å²) in [4.78, 5) is 31.8. The van der Waals surface area contributed by atoms with Crippen LogP contribution in [0.4, 0.5) is 9.59 Å². The predicted molar refractivity (Wildman–Crippen MR) is 101 cm³/mol. The molecule has 3 aromatic rings. The van der Waals surface area contributed by atoms with E-state index in [2.05, 4.69) is 20.4 Å². The van der Waals surface area contributed by atoms with Gasteiger partial charge in [-0.1, -0.05) is 35.5 Å². The lowest BCUT2D eigenvalue weighted by Gasteiger charge is -2.21. The molecule has 0 fully saturated rings. The van der Waals surface area contributed by atoms with Crippen molar-refractivity contribution in [1.82, 2.24) is 25.0 Å². The van der Waals surface area contributed by atoms with Crippen molar-refractivity contribution in [2.45, 2.75) is 38.8 Å². The number of nitrogens with one attached hydrogen (secondary N) is 1. The fraction of sp³-hybridized carbons (Fsp3) is 0.316. The van der Waals surface area contributed by atoms with Crippen LogP contribution >= 0.6 is 0 Å². The molecule has 2 heterocycles. The predicted octanol–water partition coefficient (Wildman–Crippen LogP) is 3.27. The maximum absolute atomic E-state index is 12.3. The van der Waals surface area contributed by atoms with Crippen molar-refractivity contribution in [3.05, 3.63) is 54.4 Å². The molecule has 0 spiro atoms. The van der Waals surface area contributed by atoms with Gasteiger partial charge in [0.15, 0.2) is 0 Å². The molecular weight excluding hydrogens is 378 g/mol. The number of nitrogens with zero attached hydrogens (tertiary/aromatic N) is 4. The second-order valence-electron chi connectivity index (χ2n) is 7.28. The summed E-state index contributed by atoms with van der Waals surface area (Å²) in [5.41, 5.74) is 0.491. The van der Waals surface area contributed by atoms with E-state index < -0.39 is 23.8 Å². The highest BCUT2D eigenvalue weighted by molar-refractivity contribution is 5.68. The van der Waals surface area contributed by atoms with Gasteiger partial charge in [0.2, 0.25) is 11.7 Å². The van der Waals surface area contributed by atoms with E-state index in [1.54, 1.807) is 20.8 Å². The summed E-state index contributed by atoms with van der Waals surface area (Å²) in [7, 11) is 0. The number of hydrogen-bond donors (Lipinski definition) is 2. The number of rotatable bonds is 5. The Bertz CT molecular complexity index is 990. The monoisotopic (exact) mass is 399 g/mol. The van der Waals surface area contributed by atoms with E-state index in [9.17, 15) is 9.59 Å². The Morgan fingerprint density at radius 1 is 1.28 bits per heavy atom. The molecule has 0 aliphatic rings. The highest BCUT2D eigenvalue weighted by atomic mass is 16.6. The van der Waals surface area contributed by atoms with Gasteiger partial charge in [0.25, 0.3) is 0 Å². The lowest BCUT2D eigenvalue weighted by molar-refractivity contribution is 0.0493. The molecule has 0 aliphatic heterocycles. The molecule has 29 heavy (non-hydrogen) atoms. The van der Waals surface area contributed by atoms with Crippen molar-refractivity contribution in [3.8, 4) is 11.4 Å². The SMILES string of the molecule is CC(C)(C)OC(=O)NC(Cc1cn(C(=O)O)cn1)c1nc(-c2ccccc2)no1. The van der Waals surface area contributed by atoms with Gasteiger partial charge < -0.3 is 19.7 Å². The van der Waals surface area contributed by atoms with Crippen LogP contribution in [0.15, 0.2) is 47.4 Å². The van der Waals surface area contributed by atoms with E-state index in [0.29, 0.717) is 11.5 Å². The highest BCUT2D eigenvalue weighted by Crippen LogP contribution is 2.21. The topological polar surface area (TPSA) is 132 Å². The molecule has 2 aromatic heterocycles. The van der Waals surface area contributed by atoms with Gasteiger partial charge in [-0.2, -0.15) is 4.98 Å². The summed E-state index contributed by atoms with van der Waals surface area (Å²) < 4.78 is 11.6. The molecule has 0 saturated heterocycles. The third kappa shape index (κ3) is 5.41. The first-order chi connectivity index (χ1) is 13.7. The van der Waals surface area contributed by atoms with Crippen LogP contribution in [-0.2, 0) is 11.2 Å². The van der Waals surface area contributed by atoms with Crippen molar-refractivity contribution in [2.24, 2.45) is 0 Å². The standard InChI is InChI=1S/C19H21N5O5/c1-19(2,3)28-17(25)21-14(9-13-10-24(11-20-13)18(26)27)16-22-15(23-29-16)12-7-5-4-6-8-12/h4-8,10-11,14H,9H2,1-3H3,(H,21,25)(H,26,27). The first kappa shape index (κ1) is 20.1. The van der Waals surface area contributed by atoms with Crippen LogP contribution in [-0.4, -0.2) is 42.6 Å². The maximum Gasteiger partial charge on any atom is 0.416 e. The average molecular weight is 399 g/mol. The van der Waals surface area contributed by atoms with Crippen LogP contribution in [0.5, 0.6) is 0 Å². The Labute approximate surface area is 166 Å². The molecule has 0 saturated carbocycles. The Balaban J connectivity index is 1.84. The van der Waals surface area contributed by atoms with E-state index in [0.717, 1.165) is 10.1 Å². The number of alkyl carbamates (subject to hydrolysis) is 1. The molecule has 3 rings (SSSR count). The third-order valence-corrected chi connectivity index (χ3v) is 3.73. The lowest BCUT2D eigenvalue weighted by Crippen LogP contribution is -2.36. The van der Waals surface area contributed by atoms with Crippen molar-refractivity contribution in [1.29, 1.82) is 0 Å². The fourth-order valence-electron chi connectivity index (χ4n) is 2.51. The number of hydrogen-bond acceptors (Lipinski definition) is 7. The van der Waals surface area contributed by atoms with Gasteiger partial charge in [-0.3, -0.25) is 0 Å². The van der Waals surface area contributed by atoms with Gasteiger partial charge in [-0.05, 0) is 20.8 Å². The first-order valence-corrected chi connectivity index (χ1v) is 8.86. The zero-order valence-electron chi connectivity index (χ0n) is 16.2. The molecule has 0 aliphatic carbocycles. The highest BCUT2D eigenvalue weighted by Gasteiger charge is 2.26. The Hall–Kier alpha value is -3.69. The van der Waals surface area contributed by atoms with Crippen molar-refractivity contribution >= 4 is 12.2 Å². The van der Waals surface area contributed by atoms with Crippen LogP contribution in [0.1, 0.15) is 38.4 Å². The van der Waals surface area contributed by atoms with E-state index in [1.165, 1.54) is 12.5 Å². The van der Waals surface area contributed by atoms with Crippen molar-refractivity contribution in [3.63, 3.8) is 0 Å². The minimum Gasteiger partial charge on any atom is -0.464 e. The maximum atomic E-state index is 12.3. The van der Waals surface area contributed by atoms with Gasteiger partial charge in [-0.15, -0.1) is 0 Å². The molecular formula is C19H21N5O5. The quantitative estimate of drug-likeness (QED) is 0.668. The number of carboxylic acid groups (broad SMARTS) is 1. The average Bonchev–Trinajstić information content (AvgIpc) is 3.30. The van der Waals surface area contributed by atoms with E-state index in [4.69, 9.17) is 14.4 Å². The number of carbonyl (C=O) groups is 2. The number of imidazole rings is 1.